The third-order valence-corrected chi connectivity index (χ3v) is 12.4. The first-order valence-electron chi connectivity index (χ1n) is 27.3. The molecular formula is C58H102NO8P. The number of phosphoric ester groups is 1. The topological polar surface area (TPSA) is 111 Å². The van der Waals surface area contributed by atoms with Gasteiger partial charge in [0.2, 0.25) is 0 Å². The Morgan fingerprint density at radius 2 is 0.868 bits per heavy atom. The van der Waals surface area contributed by atoms with Gasteiger partial charge in [-0.2, -0.15) is 0 Å². The molecule has 0 aromatic carbocycles. The standard InChI is InChI=1S/C58H102NO8P/c1-6-8-10-12-14-16-18-20-21-22-23-24-25-26-27-28-29-30-31-32-33-34-35-36-37-39-40-42-44-46-48-50-57(60)64-54-56(55-66-68(62,63)65-53-52-59(3,4)5)67-58(61)51-49-47-45-43-41-38-19-17-15-13-11-9-7-2/h9,11,15,17-18,20,22-23,25-26,38,41,45,47,56H,6-8,10,12-14,16,19,21,24,27-37,39-40,42-44,46,48-55H2,1-5H3/b11-9-,17-15-,20-18-,23-22-,26-25-,41-38-,47-45-. The van der Waals surface area contributed by atoms with Gasteiger partial charge in [0.05, 0.1) is 27.7 Å². The van der Waals surface area contributed by atoms with Gasteiger partial charge in [-0.05, 0) is 77.0 Å². The van der Waals surface area contributed by atoms with E-state index in [1.54, 1.807) is 0 Å². The molecular weight excluding hydrogens is 870 g/mol. The number of nitrogens with zero attached hydrogens (tertiary/aromatic N) is 1. The molecule has 0 saturated heterocycles. The number of carbonyl (C=O) groups is 2. The largest absolute Gasteiger partial charge is 0.756 e. The molecule has 0 aliphatic rings. The van der Waals surface area contributed by atoms with Crippen LogP contribution in [-0.4, -0.2) is 70.0 Å². The maximum absolute atomic E-state index is 12.7. The minimum Gasteiger partial charge on any atom is -0.756 e. The number of esters is 2. The third kappa shape index (κ3) is 52.6. The summed E-state index contributed by atoms with van der Waals surface area (Å²) in [5.74, 6) is -0.930. The number of hydrogen-bond acceptors (Lipinski definition) is 8. The van der Waals surface area contributed by atoms with Gasteiger partial charge >= 0.3 is 11.9 Å². The van der Waals surface area contributed by atoms with Crippen LogP contribution in [0.5, 0.6) is 0 Å². The quantitative estimate of drug-likeness (QED) is 0.0195. The van der Waals surface area contributed by atoms with Crippen LogP contribution >= 0.6 is 7.82 Å². The highest BCUT2D eigenvalue weighted by Crippen LogP contribution is 2.38. The van der Waals surface area contributed by atoms with Crippen molar-refractivity contribution in [1.29, 1.82) is 0 Å². The number of rotatable bonds is 49. The van der Waals surface area contributed by atoms with Gasteiger partial charge in [-0.1, -0.05) is 214 Å². The highest BCUT2D eigenvalue weighted by molar-refractivity contribution is 7.45. The highest BCUT2D eigenvalue weighted by Gasteiger charge is 2.21. The SMILES string of the molecule is CC/C=C\C/C=C\C/C=C\C/C=C\CCC(=O)OC(COC(=O)CCCCCCCCCCCCCCCCCC/C=C\C/C=C\C/C=C\CCCCCCC)COP(=O)([O-])OCC[N+](C)(C)C. The Balaban J connectivity index is 4.09. The number of quaternary nitrogens is 1. The van der Waals surface area contributed by atoms with Crippen molar-refractivity contribution in [3.8, 4) is 0 Å². The Kier molecular flexibility index (Phi) is 47.2. The first-order valence-corrected chi connectivity index (χ1v) is 28.8. The zero-order chi connectivity index (χ0) is 49.9. The van der Waals surface area contributed by atoms with Gasteiger partial charge in [0, 0.05) is 12.8 Å². The van der Waals surface area contributed by atoms with Gasteiger partial charge in [0.15, 0.2) is 6.10 Å². The number of phosphoric acid groups is 1. The lowest BCUT2D eigenvalue weighted by Crippen LogP contribution is -2.37. The molecule has 0 N–H and O–H groups in total. The third-order valence-electron chi connectivity index (χ3n) is 11.4. The van der Waals surface area contributed by atoms with E-state index in [0.717, 1.165) is 57.8 Å². The van der Waals surface area contributed by atoms with Gasteiger partial charge in [-0.3, -0.25) is 14.2 Å². The molecule has 2 atom stereocenters. The molecule has 0 saturated carbocycles. The second-order valence-corrected chi connectivity index (χ2v) is 20.6. The fourth-order valence-corrected chi connectivity index (χ4v) is 7.93. The number of likely N-dealkylation sites (N-methyl/N-ethyl adjacent to an activating group) is 1. The summed E-state index contributed by atoms with van der Waals surface area (Å²) in [4.78, 5) is 37.6. The number of allylic oxidation sites excluding steroid dienone is 14. The molecule has 68 heavy (non-hydrogen) atoms. The van der Waals surface area contributed by atoms with E-state index >= 15 is 0 Å². The Labute approximate surface area is 418 Å². The van der Waals surface area contributed by atoms with Gasteiger partial charge in [-0.15, -0.1) is 0 Å². The molecule has 0 spiro atoms. The van der Waals surface area contributed by atoms with Crippen LogP contribution < -0.4 is 4.89 Å². The fourth-order valence-electron chi connectivity index (χ4n) is 7.21. The molecule has 0 bridgehead atoms. The Morgan fingerprint density at radius 3 is 1.31 bits per heavy atom. The first-order chi connectivity index (χ1) is 33.0. The lowest BCUT2D eigenvalue weighted by Gasteiger charge is -2.28. The molecule has 0 heterocycles. The summed E-state index contributed by atoms with van der Waals surface area (Å²) in [6.45, 7) is 4.02. The maximum Gasteiger partial charge on any atom is 0.306 e. The summed E-state index contributed by atoms with van der Waals surface area (Å²) in [7, 11) is 1.12. The summed E-state index contributed by atoms with van der Waals surface area (Å²) in [6.07, 6.45) is 65.2. The summed E-state index contributed by atoms with van der Waals surface area (Å²) in [6, 6.07) is 0. The van der Waals surface area contributed by atoms with Crippen LogP contribution in [0.1, 0.15) is 219 Å². The van der Waals surface area contributed by atoms with Crippen molar-refractivity contribution in [1.82, 2.24) is 0 Å². The first kappa shape index (κ1) is 65.2. The van der Waals surface area contributed by atoms with Gasteiger partial charge in [0.1, 0.15) is 19.8 Å². The van der Waals surface area contributed by atoms with E-state index in [9.17, 15) is 19.0 Å². The Hall–Kier alpha value is -2.81. The van der Waals surface area contributed by atoms with E-state index < -0.39 is 32.5 Å². The zero-order valence-electron chi connectivity index (χ0n) is 44.3. The minimum atomic E-state index is -4.65. The molecule has 0 aromatic heterocycles. The Morgan fingerprint density at radius 1 is 0.471 bits per heavy atom. The van der Waals surface area contributed by atoms with Crippen molar-refractivity contribution < 1.29 is 42.1 Å². The minimum absolute atomic E-state index is 0.0464. The summed E-state index contributed by atoms with van der Waals surface area (Å²) in [5, 5.41) is 0. The molecule has 392 valence electrons. The van der Waals surface area contributed by atoms with Gasteiger partial charge in [-0.25, -0.2) is 0 Å². The zero-order valence-corrected chi connectivity index (χ0v) is 45.2. The number of unbranched alkanes of at least 4 members (excludes halogenated alkanes) is 21. The number of hydrogen-bond donors (Lipinski definition) is 0. The molecule has 0 radical (unpaired) electrons. The Bertz CT molecular complexity index is 1420. The molecule has 0 fully saturated rings. The molecule has 0 aromatic rings. The van der Waals surface area contributed by atoms with Gasteiger partial charge in [0.25, 0.3) is 7.82 Å². The van der Waals surface area contributed by atoms with E-state index in [-0.39, 0.29) is 26.1 Å². The van der Waals surface area contributed by atoms with E-state index in [4.69, 9.17) is 18.5 Å². The molecule has 0 aliphatic carbocycles. The summed E-state index contributed by atoms with van der Waals surface area (Å²) in [5.41, 5.74) is 0. The van der Waals surface area contributed by atoms with Crippen molar-refractivity contribution in [2.24, 2.45) is 0 Å². The molecule has 0 amide bonds. The van der Waals surface area contributed by atoms with Crippen LogP contribution in [0.15, 0.2) is 85.1 Å². The molecule has 0 rings (SSSR count). The van der Waals surface area contributed by atoms with Crippen molar-refractivity contribution in [3.63, 3.8) is 0 Å². The van der Waals surface area contributed by atoms with Crippen LogP contribution in [0.25, 0.3) is 0 Å². The van der Waals surface area contributed by atoms with Crippen LogP contribution in [0.4, 0.5) is 0 Å². The highest BCUT2D eigenvalue weighted by atomic mass is 31.2. The van der Waals surface area contributed by atoms with E-state index in [1.807, 2.05) is 33.3 Å². The lowest BCUT2D eigenvalue weighted by molar-refractivity contribution is -0.870. The predicted octanol–water partition coefficient (Wildman–Crippen LogP) is 16.1. The predicted molar refractivity (Wildman–Crippen MR) is 286 cm³/mol. The monoisotopic (exact) mass is 972 g/mol. The second-order valence-electron chi connectivity index (χ2n) is 19.2. The average Bonchev–Trinajstić information content (AvgIpc) is 3.30. The summed E-state index contributed by atoms with van der Waals surface area (Å²) < 4.78 is 33.9. The number of carbonyl (C=O) groups excluding carboxylic acids is 2. The molecule has 10 heteroatoms. The van der Waals surface area contributed by atoms with Crippen LogP contribution in [-0.2, 0) is 32.7 Å². The van der Waals surface area contributed by atoms with E-state index in [1.165, 1.54) is 128 Å². The van der Waals surface area contributed by atoms with Crippen molar-refractivity contribution >= 4 is 19.8 Å². The van der Waals surface area contributed by atoms with Crippen LogP contribution in [0, 0.1) is 0 Å². The van der Waals surface area contributed by atoms with Crippen molar-refractivity contribution in [2.45, 2.75) is 225 Å². The molecule has 0 aliphatic heterocycles. The van der Waals surface area contributed by atoms with E-state index in [0.29, 0.717) is 17.4 Å². The lowest BCUT2D eigenvalue weighted by atomic mass is 10.0. The maximum atomic E-state index is 12.7. The van der Waals surface area contributed by atoms with Crippen molar-refractivity contribution in [2.75, 3.05) is 47.5 Å². The summed E-state index contributed by atoms with van der Waals surface area (Å²) >= 11 is 0. The molecule has 9 nitrogen and oxygen atoms in total. The average molecular weight is 972 g/mol. The fraction of sp³-hybridized carbons (Fsp3) is 0.724. The second kappa shape index (κ2) is 49.2. The smallest absolute Gasteiger partial charge is 0.306 e. The van der Waals surface area contributed by atoms with E-state index in [2.05, 4.69) is 86.8 Å². The van der Waals surface area contributed by atoms with Crippen LogP contribution in [0.2, 0.25) is 0 Å². The van der Waals surface area contributed by atoms with Crippen LogP contribution in [0.3, 0.4) is 0 Å². The normalized spacial score (nSPS) is 14.0. The van der Waals surface area contributed by atoms with Crippen molar-refractivity contribution in [3.05, 3.63) is 85.1 Å². The van der Waals surface area contributed by atoms with Gasteiger partial charge < -0.3 is 27.9 Å². The number of ether oxygens (including phenoxy) is 2. The molecule has 2 unspecified atom stereocenters.